The van der Waals surface area contributed by atoms with Gasteiger partial charge in [0.1, 0.15) is 0 Å². The summed E-state index contributed by atoms with van der Waals surface area (Å²) in [6, 6.07) is 5.27. The first-order valence-electron chi connectivity index (χ1n) is 5.38. The molecule has 0 aliphatic rings. The maximum Gasteiger partial charge on any atom is 0.234 e. The number of carbonyl (C=O) groups is 1. The number of rotatable bonds is 5. The number of nitrogens with one attached hydrogen (secondary N) is 1. The Morgan fingerprint density at radius 3 is 2.71 bits per heavy atom. The predicted octanol–water partition coefficient (Wildman–Crippen LogP) is 2.70. The van der Waals surface area contributed by atoms with Gasteiger partial charge in [0.15, 0.2) is 0 Å². The standard InChI is InChI=1S/C12H16BrClN2O/c1-7(2)11(12(15)17)16-6-8-5-9(13)3-4-10(8)14/h3-5,7,11,16H,6H2,1-2H3,(H2,15,17). The molecule has 0 spiro atoms. The normalized spacial score (nSPS) is 12.8. The van der Waals surface area contributed by atoms with E-state index in [1.54, 1.807) is 0 Å². The quantitative estimate of drug-likeness (QED) is 0.877. The SMILES string of the molecule is CC(C)C(NCc1cc(Br)ccc1Cl)C(N)=O. The Balaban J connectivity index is 2.72. The minimum absolute atomic E-state index is 0.151. The van der Waals surface area contributed by atoms with Crippen LogP contribution in [0.5, 0.6) is 0 Å². The highest BCUT2D eigenvalue weighted by molar-refractivity contribution is 9.10. The fraction of sp³-hybridized carbons (Fsp3) is 0.417. The lowest BCUT2D eigenvalue weighted by Gasteiger charge is -2.19. The highest BCUT2D eigenvalue weighted by Gasteiger charge is 2.18. The van der Waals surface area contributed by atoms with Crippen LogP contribution in [0.2, 0.25) is 5.02 Å². The molecule has 94 valence electrons. The third kappa shape index (κ3) is 4.30. The van der Waals surface area contributed by atoms with E-state index in [-0.39, 0.29) is 17.9 Å². The van der Waals surface area contributed by atoms with Crippen molar-refractivity contribution in [3.8, 4) is 0 Å². The van der Waals surface area contributed by atoms with Crippen LogP contribution >= 0.6 is 27.5 Å². The summed E-state index contributed by atoms with van der Waals surface area (Å²) in [6.07, 6.45) is 0. The fourth-order valence-corrected chi connectivity index (χ4v) is 2.16. The molecule has 1 unspecified atom stereocenters. The van der Waals surface area contributed by atoms with Crippen LogP contribution < -0.4 is 11.1 Å². The van der Waals surface area contributed by atoms with Crippen LogP contribution in [0.1, 0.15) is 19.4 Å². The molecule has 0 heterocycles. The maximum absolute atomic E-state index is 11.2. The number of carbonyl (C=O) groups excluding carboxylic acids is 1. The Bertz CT molecular complexity index is 409. The van der Waals surface area contributed by atoms with Gasteiger partial charge in [0.05, 0.1) is 6.04 Å². The second-order valence-electron chi connectivity index (χ2n) is 4.24. The molecular formula is C12H16BrClN2O. The van der Waals surface area contributed by atoms with Crippen LogP contribution in [0.15, 0.2) is 22.7 Å². The molecule has 1 rings (SSSR count). The molecule has 5 heteroatoms. The number of halogens is 2. The first-order chi connectivity index (χ1) is 7.91. The van der Waals surface area contributed by atoms with Gasteiger partial charge < -0.3 is 11.1 Å². The van der Waals surface area contributed by atoms with Gasteiger partial charge in [-0.3, -0.25) is 4.79 Å². The van der Waals surface area contributed by atoms with E-state index in [1.165, 1.54) is 0 Å². The van der Waals surface area contributed by atoms with Crippen molar-refractivity contribution in [1.29, 1.82) is 0 Å². The summed E-state index contributed by atoms with van der Waals surface area (Å²) in [5.41, 5.74) is 6.26. The van der Waals surface area contributed by atoms with E-state index in [1.807, 2.05) is 32.0 Å². The molecule has 0 radical (unpaired) electrons. The number of benzene rings is 1. The van der Waals surface area contributed by atoms with E-state index in [0.29, 0.717) is 11.6 Å². The summed E-state index contributed by atoms with van der Waals surface area (Å²) in [7, 11) is 0. The van der Waals surface area contributed by atoms with E-state index >= 15 is 0 Å². The van der Waals surface area contributed by atoms with Gasteiger partial charge in [0.2, 0.25) is 5.91 Å². The van der Waals surface area contributed by atoms with E-state index in [0.717, 1.165) is 10.0 Å². The Kier molecular flexibility index (Phi) is 5.43. The van der Waals surface area contributed by atoms with Crippen molar-refractivity contribution in [2.24, 2.45) is 11.7 Å². The number of hydrogen-bond acceptors (Lipinski definition) is 2. The summed E-state index contributed by atoms with van der Waals surface area (Å²) < 4.78 is 0.957. The smallest absolute Gasteiger partial charge is 0.234 e. The molecule has 0 saturated carbocycles. The maximum atomic E-state index is 11.2. The number of nitrogens with two attached hydrogens (primary N) is 1. The second kappa shape index (κ2) is 6.38. The van der Waals surface area contributed by atoms with Gasteiger partial charge in [-0.2, -0.15) is 0 Å². The highest BCUT2D eigenvalue weighted by atomic mass is 79.9. The largest absolute Gasteiger partial charge is 0.368 e. The van der Waals surface area contributed by atoms with Gasteiger partial charge in [-0.1, -0.05) is 41.4 Å². The monoisotopic (exact) mass is 318 g/mol. The van der Waals surface area contributed by atoms with E-state index in [9.17, 15) is 4.79 Å². The topological polar surface area (TPSA) is 55.1 Å². The molecule has 1 aromatic rings. The van der Waals surface area contributed by atoms with Crippen molar-refractivity contribution in [2.45, 2.75) is 26.4 Å². The first kappa shape index (κ1) is 14.5. The van der Waals surface area contributed by atoms with Gasteiger partial charge in [0.25, 0.3) is 0 Å². The minimum Gasteiger partial charge on any atom is -0.368 e. The van der Waals surface area contributed by atoms with Gasteiger partial charge in [-0.05, 0) is 29.7 Å². The zero-order valence-corrected chi connectivity index (χ0v) is 12.2. The Hall–Kier alpha value is -0.580. The summed E-state index contributed by atoms with van der Waals surface area (Å²) in [5, 5.41) is 3.80. The molecule has 0 saturated heterocycles. The van der Waals surface area contributed by atoms with Crippen molar-refractivity contribution in [1.82, 2.24) is 5.32 Å². The molecule has 3 N–H and O–H groups in total. The summed E-state index contributed by atoms with van der Waals surface area (Å²) in [4.78, 5) is 11.2. The van der Waals surface area contributed by atoms with Crippen LogP contribution in [-0.2, 0) is 11.3 Å². The van der Waals surface area contributed by atoms with Crippen molar-refractivity contribution in [2.75, 3.05) is 0 Å². The van der Waals surface area contributed by atoms with Crippen molar-refractivity contribution in [3.05, 3.63) is 33.3 Å². The minimum atomic E-state index is -0.343. The molecule has 1 amide bonds. The summed E-state index contributed by atoms with van der Waals surface area (Å²) in [6.45, 7) is 4.42. The van der Waals surface area contributed by atoms with Crippen molar-refractivity contribution >= 4 is 33.4 Å². The average Bonchev–Trinajstić information content (AvgIpc) is 2.22. The lowest BCUT2D eigenvalue weighted by atomic mass is 10.0. The third-order valence-electron chi connectivity index (χ3n) is 2.49. The Morgan fingerprint density at radius 1 is 1.53 bits per heavy atom. The van der Waals surface area contributed by atoms with Crippen LogP contribution in [0.25, 0.3) is 0 Å². The van der Waals surface area contributed by atoms with E-state index in [2.05, 4.69) is 21.2 Å². The van der Waals surface area contributed by atoms with Crippen LogP contribution in [-0.4, -0.2) is 11.9 Å². The summed E-state index contributed by atoms with van der Waals surface area (Å²) >= 11 is 9.44. The van der Waals surface area contributed by atoms with Gasteiger partial charge in [-0.25, -0.2) is 0 Å². The summed E-state index contributed by atoms with van der Waals surface area (Å²) in [5.74, 6) is -0.190. The lowest BCUT2D eigenvalue weighted by Crippen LogP contribution is -2.44. The lowest BCUT2D eigenvalue weighted by molar-refractivity contribution is -0.121. The Morgan fingerprint density at radius 2 is 2.18 bits per heavy atom. The van der Waals surface area contributed by atoms with Crippen LogP contribution in [0.3, 0.4) is 0 Å². The molecular weight excluding hydrogens is 304 g/mol. The predicted molar refractivity (Wildman–Crippen MR) is 73.8 cm³/mol. The number of hydrogen-bond donors (Lipinski definition) is 2. The molecule has 17 heavy (non-hydrogen) atoms. The molecule has 0 aliphatic heterocycles. The first-order valence-corrected chi connectivity index (χ1v) is 6.55. The van der Waals surface area contributed by atoms with Crippen molar-refractivity contribution in [3.63, 3.8) is 0 Å². The Labute approximate surface area is 115 Å². The average molecular weight is 320 g/mol. The van der Waals surface area contributed by atoms with Gasteiger partial charge in [0, 0.05) is 16.0 Å². The molecule has 0 bridgehead atoms. The molecule has 0 aliphatic carbocycles. The highest BCUT2D eigenvalue weighted by Crippen LogP contribution is 2.21. The zero-order valence-electron chi connectivity index (χ0n) is 9.84. The van der Waals surface area contributed by atoms with Crippen LogP contribution in [0, 0.1) is 5.92 Å². The van der Waals surface area contributed by atoms with E-state index in [4.69, 9.17) is 17.3 Å². The molecule has 1 atom stereocenters. The van der Waals surface area contributed by atoms with Crippen LogP contribution in [0.4, 0.5) is 0 Å². The van der Waals surface area contributed by atoms with Crippen molar-refractivity contribution < 1.29 is 4.79 Å². The zero-order chi connectivity index (χ0) is 13.0. The molecule has 1 aromatic carbocycles. The molecule has 0 fully saturated rings. The molecule has 3 nitrogen and oxygen atoms in total. The third-order valence-corrected chi connectivity index (χ3v) is 3.36. The van der Waals surface area contributed by atoms with E-state index < -0.39 is 0 Å². The fourth-order valence-electron chi connectivity index (χ4n) is 1.56. The second-order valence-corrected chi connectivity index (χ2v) is 5.56. The number of amides is 1. The van der Waals surface area contributed by atoms with Gasteiger partial charge in [-0.15, -0.1) is 0 Å². The number of primary amides is 1. The van der Waals surface area contributed by atoms with Gasteiger partial charge >= 0.3 is 0 Å². The molecule has 0 aromatic heterocycles.